The van der Waals surface area contributed by atoms with Gasteiger partial charge in [0.05, 0.1) is 15.7 Å². The number of aliphatic hydroxyl groups excluding tert-OH is 1. The van der Waals surface area contributed by atoms with Crippen LogP contribution in [0, 0.1) is 5.82 Å². The average Bonchev–Trinajstić information content (AvgIpc) is 2.33. The summed E-state index contributed by atoms with van der Waals surface area (Å²) in [6, 6.07) is 2.77. The predicted molar refractivity (Wildman–Crippen MR) is 70.5 cm³/mol. The first-order chi connectivity index (χ1) is 8.57. The largest absolute Gasteiger partial charge is 0.478 e. The minimum absolute atomic E-state index is 0.0460. The molecule has 0 aliphatic rings. The van der Waals surface area contributed by atoms with Crippen LogP contribution in [0.5, 0.6) is 0 Å². The van der Waals surface area contributed by atoms with Crippen molar-refractivity contribution < 1.29 is 19.4 Å². The van der Waals surface area contributed by atoms with E-state index in [2.05, 4.69) is 21.2 Å². The zero-order chi connectivity index (χ0) is 13.5. The van der Waals surface area contributed by atoms with Gasteiger partial charge in [0.15, 0.2) is 5.82 Å². The number of carboxylic acids is 1. The van der Waals surface area contributed by atoms with Crippen LogP contribution in [0.3, 0.4) is 0 Å². The lowest BCUT2D eigenvalue weighted by Crippen LogP contribution is -2.06. The summed E-state index contributed by atoms with van der Waals surface area (Å²) in [5, 5.41) is 20.3. The van der Waals surface area contributed by atoms with Crippen molar-refractivity contribution in [2.75, 3.05) is 18.5 Å². The topological polar surface area (TPSA) is 69.6 Å². The molecule has 0 spiro atoms. The van der Waals surface area contributed by atoms with E-state index in [9.17, 15) is 9.18 Å². The normalized spacial score (nSPS) is 10.4. The van der Waals surface area contributed by atoms with Crippen molar-refractivity contribution in [2.45, 2.75) is 19.3 Å². The van der Waals surface area contributed by atoms with E-state index in [0.29, 0.717) is 6.54 Å². The lowest BCUT2D eigenvalue weighted by Gasteiger charge is -2.09. The summed E-state index contributed by atoms with van der Waals surface area (Å²) in [7, 11) is 0. The molecule has 0 heterocycles. The van der Waals surface area contributed by atoms with Crippen LogP contribution < -0.4 is 5.32 Å². The van der Waals surface area contributed by atoms with Gasteiger partial charge in [-0.05, 0) is 47.3 Å². The second-order valence-corrected chi connectivity index (χ2v) is 4.60. The molecule has 100 valence electrons. The van der Waals surface area contributed by atoms with Crippen LogP contribution in [0.2, 0.25) is 0 Å². The Morgan fingerprint density at radius 1 is 1.33 bits per heavy atom. The molecule has 0 aromatic heterocycles. The van der Waals surface area contributed by atoms with Crippen molar-refractivity contribution in [3.05, 3.63) is 28.0 Å². The molecular formula is C12H15BrFNO3. The van der Waals surface area contributed by atoms with Crippen molar-refractivity contribution in [3.63, 3.8) is 0 Å². The quantitative estimate of drug-likeness (QED) is 0.676. The smallest absolute Gasteiger partial charge is 0.336 e. The average molecular weight is 320 g/mol. The summed E-state index contributed by atoms with van der Waals surface area (Å²) < 4.78 is 13.7. The number of carbonyl (C=O) groups is 1. The minimum atomic E-state index is -1.17. The SMILES string of the molecule is O=C(O)c1ccc(NCCCCCO)c(F)c1Br. The Hall–Kier alpha value is -1.14. The monoisotopic (exact) mass is 319 g/mol. The molecule has 4 nitrogen and oxygen atoms in total. The summed E-state index contributed by atoms with van der Waals surface area (Å²) in [6.45, 7) is 0.739. The van der Waals surface area contributed by atoms with E-state index in [0.717, 1.165) is 19.3 Å². The Bertz CT molecular complexity index is 426. The van der Waals surface area contributed by atoms with Gasteiger partial charge in [-0.15, -0.1) is 0 Å². The maximum Gasteiger partial charge on any atom is 0.336 e. The fourth-order valence-electron chi connectivity index (χ4n) is 1.49. The molecule has 1 rings (SSSR count). The number of aromatic carboxylic acids is 1. The number of nitrogens with one attached hydrogen (secondary N) is 1. The van der Waals surface area contributed by atoms with E-state index in [1.165, 1.54) is 12.1 Å². The van der Waals surface area contributed by atoms with Crippen molar-refractivity contribution in [1.29, 1.82) is 0 Å². The van der Waals surface area contributed by atoms with E-state index >= 15 is 0 Å². The molecule has 0 saturated carbocycles. The van der Waals surface area contributed by atoms with E-state index < -0.39 is 11.8 Å². The molecule has 0 atom stereocenters. The highest BCUT2D eigenvalue weighted by molar-refractivity contribution is 9.10. The summed E-state index contributed by atoms with van der Waals surface area (Å²) in [6.07, 6.45) is 2.41. The summed E-state index contributed by atoms with van der Waals surface area (Å²) in [5.41, 5.74) is 0.175. The van der Waals surface area contributed by atoms with Crippen LogP contribution >= 0.6 is 15.9 Å². The predicted octanol–water partition coefficient (Wildman–Crippen LogP) is 2.86. The van der Waals surface area contributed by atoms with Gasteiger partial charge in [0.2, 0.25) is 0 Å². The molecule has 6 heteroatoms. The van der Waals surface area contributed by atoms with Gasteiger partial charge in [-0.1, -0.05) is 0 Å². The zero-order valence-corrected chi connectivity index (χ0v) is 11.3. The van der Waals surface area contributed by atoms with Gasteiger partial charge in [-0.25, -0.2) is 9.18 Å². The standard InChI is InChI=1S/C12H15BrFNO3/c13-10-8(12(17)18)4-5-9(11(10)14)15-6-2-1-3-7-16/h4-5,15-16H,1-3,6-7H2,(H,17,18). The fourth-order valence-corrected chi connectivity index (χ4v) is 2.00. The number of aliphatic hydroxyl groups is 1. The number of benzene rings is 1. The molecular weight excluding hydrogens is 305 g/mol. The first-order valence-electron chi connectivity index (χ1n) is 5.64. The number of anilines is 1. The Kier molecular flexibility index (Phi) is 6.07. The molecule has 1 aromatic rings. The maximum atomic E-state index is 13.8. The van der Waals surface area contributed by atoms with Gasteiger partial charge in [0.25, 0.3) is 0 Å². The maximum absolute atomic E-state index is 13.8. The highest BCUT2D eigenvalue weighted by atomic mass is 79.9. The van der Waals surface area contributed by atoms with Crippen LogP contribution in [-0.2, 0) is 0 Å². The number of hydrogen-bond donors (Lipinski definition) is 3. The van der Waals surface area contributed by atoms with Crippen LogP contribution in [-0.4, -0.2) is 29.3 Å². The molecule has 0 amide bonds. The van der Waals surface area contributed by atoms with Crippen molar-refractivity contribution in [2.24, 2.45) is 0 Å². The second kappa shape index (κ2) is 7.33. The zero-order valence-electron chi connectivity index (χ0n) is 9.75. The molecule has 3 N–H and O–H groups in total. The fraction of sp³-hybridized carbons (Fsp3) is 0.417. The van der Waals surface area contributed by atoms with Crippen molar-refractivity contribution in [3.8, 4) is 0 Å². The Balaban J connectivity index is 2.62. The summed E-state index contributed by atoms with van der Waals surface area (Å²) >= 11 is 2.94. The van der Waals surface area contributed by atoms with E-state index in [-0.39, 0.29) is 22.3 Å². The third-order valence-corrected chi connectivity index (χ3v) is 3.24. The third-order valence-electron chi connectivity index (χ3n) is 2.46. The van der Waals surface area contributed by atoms with Gasteiger partial charge < -0.3 is 15.5 Å². The molecule has 1 aromatic carbocycles. The van der Waals surface area contributed by atoms with Gasteiger partial charge in [0.1, 0.15) is 0 Å². The third kappa shape index (κ3) is 3.96. The van der Waals surface area contributed by atoms with Crippen LogP contribution in [0.25, 0.3) is 0 Å². The second-order valence-electron chi connectivity index (χ2n) is 3.80. The number of carboxylic acid groups (broad SMARTS) is 1. The highest BCUT2D eigenvalue weighted by Crippen LogP contribution is 2.27. The van der Waals surface area contributed by atoms with Crippen LogP contribution in [0.1, 0.15) is 29.6 Å². The van der Waals surface area contributed by atoms with E-state index in [4.69, 9.17) is 10.2 Å². The van der Waals surface area contributed by atoms with Gasteiger partial charge in [-0.2, -0.15) is 0 Å². The van der Waals surface area contributed by atoms with E-state index in [1.54, 1.807) is 0 Å². The molecule has 0 aliphatic heterocycles. The number of halogens is 2. The van der Waals surface area contributed by atoms with E-state index in [1.807, 2.05) is 0 Å². The van der Waals surface area contributed by atoms with Crippen molar-refractivity contribution >= 4 is 27.6 Å². The summed E-state index contributed by atoms with van der Waals surface area (Å²) in [4.78, 5) is 10.8. The Labute approximate surface area is 113 Å². The lowest BCUT2D eigenvalue weighted by atomic mass is 10.2. The number of rotatable bonds is 7. The number of hydrogen-bond acceptors (Lipinski definition) is 3. The molecule has 0 saturated heterocycles. The van der Waals surface area contributed by atoms with Crippen molar-refractivity contribution in [1.82, 2.24) is 0 Å². The van der Waals surface area contributed by atoms with Crippen LogP contribution in [0.15, 0.2) is 16.6 Å². The molecule has 0 aliphatic carbocycles. The molecule has 0 unspecified atom stereocenters. The molecule has 0 bridgehead atoms. The van der Waals surface area contributed by atoms with Gasteiger partial charge >= 0.3 is 5.97 Å². The van der Waals surface area contributed by atoms with Gasteiger partial charge in [0, 0.05) is 13.2 Å². The minimum Gasteiger partial charge on any atom is -0.478 e. The molecule has 0 radical (unpaired) electrons. The lowest BCUT2D eigenvalue weighted by molar-refractivity contribution is 0.0695. The molecule has 18 heavy (non-hydrogen) atoms. The van der Waals surface area contributed by atoms with Gasteiger partial charge in [-0.3, -0.25) is 0 Å². The first-order valence-corrected chi connectivity index (χ1v) is 6.43. The highest BCUT2D eigenvalue weighted by Gasteiger charge is 2.15. The first kappa shape index (κ1) is 14.9. The summed E-state index contributed by atoms with van der Waals surface area (Å²) in [5.74, 6) is -1.77. The Morgan fingerprint density at radius 3 is 2.67 bits per heavy atom. The molecule has 0 fully saturated rings. The Morgan fingerprint density at radius 2 is 2.06 bits per heavy atom. The number of unbranched alkanes of at least 4 members (excludes halogenated alkanes) is 2. The van der Waals surface area contributed by atoms with Crippen LogP contribution in [0.4, 0.5) is 10.1 Å².